The molecule has 33 heavy (non-hydrogen) atoms. The molecule has 0 amide bonds. The first-order valence-electron chi connectivity index (χ1n) is 11.5. The van der Waals surface area contributed by atoms with Gasteiger partial charge in [-0.15, -0.1) is 0 Å². The van der Waals surface area contributed by atoms with Crippen LogP contribution in [0.3, 0.4) is 0 Å². The van der Waals surface area contributed by atoms with Crippen LogP contribution in [-0.2, 0) is 10.2 Å². The summed E-state index contributed by atoms with van der Waals surface area (Å²) in [6.07, 6.45) is 3.77. The van der Waals surface area contributed by atoms with Crippen LogP contribution in [0, 0.1) is 6.92 Å². The Kier molecular flexibility index (Phi) is 8.11. The lowest BCUT2D eigenvalue weighted by Crippen LogP contribution is -2.10. The maximum Gasteiger partial charge on any atom is 0.338 e. The van der Waals surface area contributed by atoms with Crippen LogP contribution in [0.2, 0.25) is 0 Å². The van der Waals surface area contributed by atoms with Gasteiger partial charge in [-0.05, 0) is 71.2 Å². The van der Waals surface area contributed by atoms with E-state index in [1.54, 1.807) is 0 Å². The zero-order valence-electron chi connectivity index (χ0n) is 20.4. The van der Waals surface area contributed by atoms with Crippen LogP contribution in [0.15, 0.2) is 72.8 Å². The summed E-state index contributed by atoms with van der Waals surface area (Å²) in [6, 6.07) is 24.3. The Bertz CT molecular complexity index is 1090. The van der Waals surface area contributed by atoms with Gasteiger partial charge in [0.2, 0.25) is 0 Å². The Balaban J connectivity index is 1.79. The Morgan fingerprint density at radius 3 is 2.24 bits per heavy atom. The molecule has 0 fully saturated rings. The zero-order chi connectivity index (χ0) is 23.8. The second-order valence-electron chi connectivity index (χ2n) is 9.30. The van der Waals surface area contributed by atoms with Gasteiger partial charge in [0, 0.05) is 0 Å². The topological polar surface area (TPSA) is 35.5 Å². The van der Waals surface area contributed by atoms with Crippen molar-refractivity contribution in [3.8, 4) is 5.75 Å². The van der Waals surface area contributed by atoms with Crippen molar-refractivity contribution >= 4 is 17.6 Å². The lowest BCUT2D eigenvalue weighted by Gasteiger charge is -2.19. The number of aryl methyl sites for hydroxylation is 1. The van der Waals surface area contributed by atoms with Crippen molar-refractivity contribution in [2.45, 2.75) is 46.0 Å². The molecule has 0 atom stereocenters. The first kappa shape index (κ1) is 24.3. The molecule has 0 aliphatic heterocycles. The number of benzene rings is 3. The number of hydrogen-bond acceptors (Lipinski definition) is 3. The van der Waals surface area contributed by atoms with Crippen LogP contribution in [0.4, 0.5) is 0 Å². The van der Waals surface area contributed by atoms with Crippen LogP contribution < -0.4 is 4.74 Å². The van der Waals surface area contributed by atoms with Crippen LogP contribution in [0.5, 0.6) is 5.75 Å². The highest BCUT2D eigenvalue weighted by Crippen LogP contribution is 2.30. The normalized spacial score (nSPS) is 11.8. The molecule has 0 saturated heterocycles. The Hall–Kier alpha value is -3.33. The van der Waals surface area contributed by atoms with Gasteiger partial charge in [-0.2, -0.15) is 0 Å². The predicted octanol–water partition coefficient (Wildman–Crippen LogP) is 7.48. The third-order valence-electron chi connectivity index (χ3n) is 5.72. The molecule has 0 aliphatic carbocycles. The molecule has 0 spiro atoms. The van der Waals surface area contributed by atoms with Gasteiger partial charge in [0.1, 0.15) is 5.75 Å². The van der Waals surface area contributed by atoms with Gasteiger partial charge < -0.3 is 9.47 Å². The van der Waals surface area contributed by atoms with E-state index in [0.29, 0.717) is 12.2 Å². The van der Waals surface area contributed by atoms with Crippen molar-refractivity contribution in [2.75, 3.05) is 13.7 Å². The van der Waals surface area contributed by atoms with Crippen molar-refractivity contribution < 1.29 is 14.3 Å². The quantitative estimate of drug-likeness (QED) is 0.206. The minimum Gasteiger partial charge on any atom is -0.494 e. The van der Waals surface area contributed by atoms with Crippen LogP contribution in [0.25, 0.3) is 11.6 Å². The Labute approximate surface area is 198 Å². The van der Waals surface area contributed by atoms with Gasteiger partial charge in [-0.1, -0.05) is 81.4 Å². The lowest BCUT2D eigenvalue weighted by atomic mass is 9.87. The molecule has 172 valence electrons. The molecule has 3 rings (SSSR count). The van der Waals surface area contributed by atoms with E-state index in [1.165, 1.54) is 12.7 Å². The molecule has 0 saturated carbocycles. The molecule has 0 bridgehead atoms. The monoisotopic (exact) mass is 442 g/mol. The van der Waals surface area contributed by atoms with E-state index < -0.39 is 0 Å². The minimum atomic E-state index is -0.317. The second-order valence-corrected chi connectivity index (χ2v) is 9.30. The average molecular weight is 443 g/mol. The molecular formula is C30H34O3. The van der Waals surface area contributed by atoms with Crippen LogP contribution >= 0.6 is 0 Å². The van der Waals surface area contributed by atoms with Gasteiger partial charge in [0.05, 0.1) is 19.3 Å². The molecule has 0 aliphatic rings. The number of ether oxygens (including phenoxy) is 2. The number of rotatable bonds is 8. The Morgan fingerprint density at radius 1 is 0.909 bits per heavy atom. The highest BCUT2D eigenvalue weighted by atomic mass is 16.5. The molecule has 3 nitrogen and oxygen atoms in total. The first-order valence-corrected chi connectivity index (χ1v) is 11.5. The molecule has 0 radical (unpaired) electrons. The van der Waals surface area contributed by atoms with E-state index in [1.807, 2.05) is 55.5 Å². The summed E-state index contributed by atoms with van der Waals surface area (Å²) in [5.74, 6) is 0.561. The fraction of sp³-hybridized carbons (Fsp3) is 0.300. The first-order chi connectivity index (χ1) is 15.8. The van der Waals surface area contributed by atoms with E-state index in [9.17, 15) is 4.79 Å². The predicted molar refractivity (Wildman–Crippen MR) is 137 cm³/mol. The van der Waals surface area contributed by atoms with E-state index in [2.05, 4.69) is 51.1 Å². The van der Waals surface area contributed by atoms with Crippen molar-refractivity contribution in [1.29, 1.82) is 0 Å². The molecule has 0 N–H and O–H groups in total. The summed E-state index contributed by atoms with van der Waals surface area (Å²) >= 11 is 0. The van der Waals surface area contributed by atoms with Gasteiger partial charge in [0.25, 0.3) is 0 Å². The molecule has 0 heterocycles. The van der Waals surface area contributed by atoms with Gasteiger partial charge >= 0.3 is 5.97 Å². The number of allylic oxidation sites excluding steroid dienone is 1. The van der Waals surface area contributed by atoms with E-state index in [4.69, 9.17) is 9.47 Å². The molecule has 3 aromatic rings. The number of esters is 1. The second kappa shape index (κ2) is 11.0. The summed E-state index contributed by atoms with van der Waals surface area (Å²) in [6.45, 7) is 9.25. The molecule has 0 aromatic heterocycles. The molecular weight excluding hydrogens is 408 g/mol. The largest absolute Gasteiger partial charge is 0.494 e. The minimum absolute atomic E-state index is 0.126. The van der Waals surface area contributed by atoms with Gasteiger partial charge in [-0.25, -0.2) is 4.79 Å². The standard InChI is InChI=1S/C30H34O3/c1-22-11-9-15-27(29(31)32-5)28(22)24(21-23-12-7-6-8-13-23)14-10-20-33-26-18-16-25(17-19-26)30(2,3)4/h6-9,11-13,15-19,21H,10,14,20H2,1-5H3/b24-21-. The number of carbonyl (C=O) groups excluding carboxylic acids is 1. The van der Waals surface area contributed by atoms with Gasteiger partial charge in [-0.3, -0.25) is 0 Å². The highest BCUT2D eigenvalue weighted by molar-refractivity contribution is 5.98. The summed E-state index contributed by atoms with van der Waals surface area (Å²) in [5, 5.41) is 0. The average Bonchev–Trinajstić information content (AvgIpc) is 2.81. The van der Waals surface area contributed by atoms with Crippen LogP contribution in [-0.4, -0.2) is 19.7 Å². The van der Waals surface area contributed by atoms with Crippen molar-refractivity contribution in [1.82, 2.24) is 0 Å². The zero-order valence-corrected chi connectivity index (χ0v) is 20.4. The fourth-order valence-corrected chi connectivity index (χ4v) is 3.90. The third kappa shape index (κ3) is 6.58. The lowest BCUT2D eigenvalue weighted by molar-refractivity contribution is 0.0600. The SMILES string of the molecule is COC(=O)c1cccc(C)c1/C(=C\c1ccccc1)CCCOc1ccc(C(C)(C)C)cc1. The number of methoxy groups -OCH3 is 1. The molecule has 3 heteroatoms. The number of hydrogen-bond donors (Lipinski definition) is 0. The molecule has 3 aromatic carbocycles. The van der Waals surface area contributed by atoms with Crippen molar-refractivity contribution in [3.05, 3.63) is 101 Å². The number of carbonyl (C=O) groups is 1. The van der Waals surface area contributed by atoms with Crippen molar-refractivity contribution in [3.63, 3.8) is 0 Å². The van der Waals surface area contributed by atoms with E-state index >= 15 is 0 Å². The van der Waals surface area contributed by atoms with Crippen molar-refractivity contribution in [2.24, 2.45) is 0 Å². The van der Waals surface area contributed by atoms with Crippen LogP contribution in [0.1, 0.15) is 66.2 Å². The fourth-order valence-electron chi connectivity index (χ4n) is 3.90. The smallest absolute Gasteiger partial charge is 0.338 e. The summed E-state index contributed by atoms with van der Waals surface area (Å²) in [7, 11) is 1.42. The van der Waals surface area contributed by atoms with E-state index in [-0.39, 0.29) is 11.4 Å². The maximum absolute atomic E-state index is 12.5. The molecule has 0 unspecified atom stereocenters. The summed E-state index contributed by atoms with van der Waals surface area (Å²) in [5.41, 5.74) is 6.22. The Morgan fingerprint density at radius 2 is 1.61 bits per heavy atom. The van der Waals surface area contributed by atoms with E-state index in [0.717, 1.165) is 40.9 Å². The summed E-state index contributed by atoms with van der Waals surface area (Å²) < 4.78 is 11.1. The summed E-state index contributed by atoms with van der Waals surface area (Å²) in [4.78, 5) is 12.5. The van der Waals surface area contributed by atoms with Gasteiger partial charge in [0.15, 0.2) is 0 Å². The highest BCUT2D eigenvalue weighted by Gasteiger charge is 2.17. The third-order valence-corrected chi connectivity index (χ3v) is 5.72. The maximum atomic E-state index is 12.5.